The van der Waals surface area contributed by atoms with Crippen molar-refractivity contribution in [2.75, 3.05) is 0 Å². The lowest BCUT2D eigenvalue weighted by atomic mass is 9.82. The Kier molecular flexibility index (Phi) is 4.79. The van der Waals surface area contributed by atoms with Gasteiger partial charge < -0.3 is 0 Å². The summed E-state index contributed by atoms with van der Waals surface area (Å²) in [6.07, 6.45) is 6.13. The van der Waals surface area contributed by atoms with Gasteiger partial charge in [0, 0.05) is 0 Å². The molecular formula is C16H24. The molecule has 1 aromatic rings. The molecule has 0 aromatic heterocycles. The van der Waals surface area contributed by atoms with Crippen LogP contribution >= 0.6 is 0 Å². The smallest absolute Gasteiger partial charge is 0.0170 e. The zero-order chi connectivity index (χ0) is 12.0. The Morgan fingerprint density at radius 2 is 1.75 bits per heavy atom. The number of rotatable bonds is 4. The fourth-order valence-corrected chi connectivity index (χ4v) is 1.78. The molecule has 0 aliphatic carbocycles. The summed E-state index contributed by atoms with van der Waals surface area (Å²) in [5.41, 5.74) is 3.16. The van der Waals surface area contributed by atoms with Crippen LogP contribution in [0.3, 0.4) is 0 Å². The summed E-state index contributed by atoms with van der Waals surface area (Å²) in [5, 5.41) is 0. The molecule has 0 atom stereocenters. The van der Waals surface area contributed by atoms with Gasteiger partial charge >= 0.3 is 0 Å². The predicted octanol–water partition coefficient (Wildman–Crippen LogP) is 5.31. The Labute approximate surface area is 100 Å². The average Bonchev–Trinajstić information content (AvgIpc) is 2.24. The minimum Gasteiger partial charge on any atom is -0.0654 e. The van der Waals surface area contributed by atoms with Gasteiger partial charge in [-0.25, -0.2) is 0 Å². The fourth-order valence-electron chi connectivity index (χ4n) is 1.78. The Morgan fingerprint density at radius 1 is 1.12 bits per heavy atom. The van der Waals surface area contributed by atoms with Crippen molar-refractivity contribution < 1.29 is 0 Å². The van der Waals surface area contributed by atoms with Crippen LogP contribution in [0.2, 0.25) is 0 Å². The topological polar surface area (TPSA) is 0 Å². The van der Waals surface area contributed by atoms with Gasteiger partial charge in [0.15, 0.2) is 0 Å². The van der Waals surface area contributed by atoms with Gasteiger partial charge in [0.05, 0.1) is 0 Å². The molecule has 0 heteroatoms. The van der Waals surface area contributed by atoms with E-state index in [-0.39, 0.29) is 5.41 Å². The second-order valence-corrected chi connectivity index (χ2v) is 5.43. The Morgan fingerprint density at radius 3 is 2.25 bits per heavy atom. The highest BCUT2D eigenvalue weighted by molar-refractivity contribution is 5.53. The zero-order valence-electron chi connectivity index (χ0n) is 11.1. The normalized spacial score (nSPS) is 12.9. The molecule has 0 aliphatic heterocycles. The molecule has 0 amide bonds. The van der Waals surface area contributed by atoms with Crippen LogP contribution in [0.4, 0.5) is 0 Å². The molecule has 0 saturated heterocycles. The van der Waals surface area contributed by atoms with Crippen LogP contribution in [-0.4, -0.2) is 0 Å². The van der Waals surface area contributed by atoms with E-state index < -0.39 is 0 Å². The van der Waals surface area contributed by atoms with Crippen LogP contribution in [0.15, 0.2) is 35.9 Å². The van der Waals surface area contributed by atoms with E-state index in [1.54, 1.807) is 5.57 Å². The highest BCUT2D eigenvalue weighted by atomic mass is 14.2. The van der Waals surface area contributed by atoms with Crippen LogP contribution in [0, 0.1) is 5.41 Å². The van der Waals surface area contributed by atoms with Crippen LogP contribution < -0.4 is 0 Å². The van der Waals surface area contributed by atoms with Gasteiger partial charge in [-0.1, -0.05) is 76.1 Å². The molecule has 16 heavy (non-hydrogen) atoms. The summed E-state index contributed by atoms with van der Waals surface area (Å²) in [6.45, 7) is 9.16. The largest absolute Gasteiger partial charge is 0.0654 e. The number of benzene rings is 1. The summed E-state index contributed by atoms with van der Waals surface area (Å²) in [7, 11) is 0. The molecule has 0 radical (unpaired) electrons. The maximum atomic E-state index is 2.36. The first-order valence-corrected chi connectivity index (χ1v) is 6.30. The molecule has 0 saturated carbocycles. The average molecular weight is 216 g/mol. The molecule has 0 N–H and O–H groups in total. The van der Waals surface area contributed by atoms with Crippen LogP contribution in [-0.2, 0) is 0 Å². The first-order chi connectivity index (χ1) is 7.54. The zero-order valence-corrected chi connectivity index (χ0v) is 11.1. The Balaban J connectivity index is 2.88. The minimum atomic E-state index is 0.283. The van der Waals surface area contributed by atoms with Crippen molar-refractivity contribution in [1.82, 2.24) is 0 Å². The third kappa shape index (κ3) is 4.22. The number of allylic oxidation sites excluding steroid dienone is 1. The molecule has 1 aromatic carbocycles. The molecule has 0 bridgehead atoms. The molecule has 0 fully saturated rings. The van der Waals surface area contributed by atoms with Gasteiger partial charge in [0.25, 0.3) is 0 Å². The summed E-state index contributed by atoms with van der Waals surface area (Å²) >= 11 is 0. The first kappa shape index (κ1) is 13.0. The van der Waals surface area contributed by atoms with Crippen molar-refractivity contribution in [3.05, 3.63) is 41.5 Å². The van der Waals surface area contributed by atoms with Crippen molar-refractivity contribution in [3.63, 3.8) is 0 Å². The van der Waals surface area contributed by atoms with Gasteiger partial charge in [-0.3, -0.25) is 0 Å². The molecule has 88 valence electrons. The van der Waals surface area contributed by atoms with Crippen LogP contribution in [0.5, 0.6) is 0 Å². The first-order valence-electron chi connectivity index (χ1n) is 6.30. The Bertz CT molecular complexity index is 325. The molecule has 1 rings (SSSR count). The van der Waals surface area contributed by atoms with Crippen molar-refractivity contribution in [1.29, 1.82) is 0 Å². The molecule has 0 unspecified atom stereocenters. The van der Waals surface area contributed by atoms with E-state index >= 15 is 0 Å². The third-order valence-electron chi connectivity index (χ3n) is 2.90. The van der Waals surface area contributed by atoms with Crippen LogP contribution in [0.1, 0.15) is 52.5 Å². The van der Waals surface area contributed by atoms with Gasteiger partial charge in [-0.05, 0) is 23.8 Å². The van der Waals surface area contributed by atoms with Crippen LogP contribution in [0.25, 0.3) is 6.08 Å². The molecule has 0 heterocycles. The highest BCUT2D eigenvalue weighted by Crippen LogP contribution is 2.31. The maximum Gasteiger partial charge on any atom is -0.0170 e. The third-order valence-corrected chi connectivity index (χ3v) is 2.90. The second kappa shape index (κ2) is 5.89. The summed E-state index contributed by atoms with van der Waals surface area (Å²) in [5.74, 6) is 0. The number of unbranched alkanes of at least 4 members (excludes halogenated alkanes) is 1. The molecule has 0 nitrogen and oxygen atoms in total. The summed E-state index contributed by atoms with van der Waals surface area (Å²) < 4.78 is 0. The molecular weight excluding hydrogens is 192 g/mol. The van der Waals surface area contributed by atoms with Crippen molar-refractivity contribution in [2.24, 2.45) is 5.41 Å². The van der Waals surface area contributed by atoms with Gasteiger partial charge in [-0.2, -0.15) is 0 Å². The monoisotopic (exact) mass is 216 g/mol. The maximum absolute atomic E-state index is 2.36. The molecule has 0 aliphatic rings. The lowest BCUT2D eigenvalue weighted by Crippen LogP contribution is -2.09. The van der Waals surface area contributed by atoms with E-state index in [9.17, 15) is 0 Å². The highest BCUT2D eigenvalue weighted by Gasteiger charge is 2.16. The lowest BCUT2D eigenvalue weighted by molar-refractivity contribution is 0.480. The van der Waals surface area contributed by atoms with Gasteiger partial charge in [0.1, 0.15) is 0 Å². The number of hydrogen-bond acceptors (Lipinski definition) is 0. The fraction of sp³-hybridized carbons (Fsp3) is 0.500. The van der Waals surface area contributed by atoms with E-state index in [1.807, 2.05) is 0 Å². The Hall–Kier alpha value is -1.04. The van der Waals surface area contributed by atoms with E-state index in [1.165, 1.54) is 24.8 Å². The lowest BCUT2D eigenvalue weighted by Gasteiger charge is -2.23. The van der Waals surface area contributed by atoms with E-state index in [4.69, 9.17) is 0 Å². The predicted molar refractivity (Wildman–Crippen MR) is 73.4 cm³/mol. The van der Waals surface area contributed by atoms with Crippen molar-refractivity contribution in [3.8, 4) is 0 Å². The summed E-state index contributed by atoms with van der Waals surface area (Å²) in [6, 6.07) is 10.6. The van der Waals surface area contributed by atoms with Crippen molar-refractivity contribution in [2.45, 2.75) is 47.0 Å². The minimum absolute atomic E-state index is 0.283. The van der Waals surface area contributed by atoms with E-state index in [0.717, 1.165) is 0 Å². The SMILES string of the molecule is CCCCC(=Cc1ccccc1)C(C)(C)C. The standard InChI is InChI=1S/C16H24/c1-5-6-12-15(16(2,3)4)13-14-10-8-7-9-11-14/h7-11,13H,5-6,12H2,1-4H3. The van der Waals surface area contributed by atoms with Gasteiger partial charge in [-0.15, -0.1) is 0 Å². The van der Waals surface area contributed by atoms with Gasteiger partial charge in [0.2, 0.25) is 0 Å². The van der Waals surface area contributed by atoms with Crippen molar-refractivity contribution >= 4 is 6.08 Å². The van der Waals surface area contributed by atoms with E-state index in [2.05, 4.69) is 64.1 Å². The second-order valence-electron chi connectivity index (χ2n) is 5.43. The van der Waals surface area contributed by atoms with E-state index in [0.29, 0.717) is 0 Å². The summed E-state index contributed by atoms with van der Waals surface area (Å²) in [4.78, 5) is 0. The quantitative estimate of drug-likeness (QED) is 0.640. The molecule has 0 spiro atoms. The number of hydrogen-bond donors (Lipinski definition) is 0.